The summed E-state index contributed by atoms with van der Waals surface area (Å²) in [7, 11) is 1.27. The topological polar surface area (TPSA) is 55.4 Å². The number of rotatable bonds is 4. The number of alkyl carbamates (subject to hydrolysis) is 1. The molecule has 0 fully saturated rings. The van der Waals surface area contributed by atoms with Crippen molar-refractivity contribution in [2.75, 3.05) is 13.0 Å². The maximum Gasteiger partial charge on any atom is 0.407 e. The van der Waals surface area contributed by atoms with Crippen molar-refractivity contribution in [1.29, 1.82) is 0 Å². The highest BCUT2D eigenvalue weighted by Crippen LogP contribution is 2.09. The van der Waals surface area contributed by atoms with E-state index in [-0.39, 0.29) is 18.1 Å². The largest absolute Gasteiger partial charge is 0.453 e. The number of hydrogen-bond acceptors (Lipinski definition) is 3. The van der Waals surface area contributed by atoms with Crippen LogP contribution in [0.4, 0.5) is 4.79 Å². The molecule has 5 heteroatoms. The molecule has 0 aliphatic rings. The number of halogens is 1. The zero-order valence-electron chi connectivity index (χ0n) is 8.02. The van der Waals surface area contributed by atoms with Crippen molar-refractivity contribution in [3.05, 3.63) is 0 Å². The third-order valence-electron chi connectivity index (χ3n) is 1.41. The summed E-state index contributed by atoms with van der Waals surface area (Å²) < 4.78 is 4.41. The number of ether oxygens (including phenoxy) is 1. The van der Waals surface area contributed by atoms with E-state index in [0.717, 1.165) is 0 Å². The van der Waals surface area contributed by atoms with Gasteiger partial charge in [0.25, 0.3) is 0 Å². The van der Waals surface area contributed by atoms with E-state index in [2.05, 4.69) is 10.1 Å². The number of amides is 1. The third-order valence-corrected chi connectivity index (χ3v) is 1.71. The van der Waals surface area contributed by atoms with Crippen LogP contribution < -0.4 is 5.32 Å². The van der Waals surface area contributed by atoms with E-state index >= 15 is 0 Å². The quantitative estimate of drug-likeness (QED) is 0.708. The van der Waals surface area contributed by atoms with Gasteiger partial charge in [0.05, 0.1) is 13.0 Å². The lowest BCUT2D eigenvalue weighted by Crippen LogP contribution is -2.45. The number of carbonyl (C=O) groups is 2. The molecule has 0 spiro atoms. The van der Waals surface area contributed by atoms with Gasteiger partial charge in [-0.05, 0) is 13.8 Å². The fraction of sp³-hybridized carbons (Fsp3) is 0.750. The summed E-state index contributed by atoms with van der Waals surface area (Å²) in [5.74, 6) is -0.144. The molecular formula is C8H14ClNO3. The molecule has 0 radical (unpaired) electrons. The van der Waals surface area contributed by atoms with Crippen LogP contribution in [-0.4, -0.2) is 30.4 Å². The first-order chi connectivity index (χ1) is 5.91. The van der Waals surface area contributed by atoms with Crippen LogP contribution in [0, 0.1) is 0 Å². The molecule has 0 bridgehead atoms. The fourth-order valence-electron chi connectivity index (χ4n) is 0.912. The Kier molecular flexibility index (Phi) is 4.77. The van der Waals surface area contributed by atoms with Crippen molar-refractivity contribution in [2.45, 2.75) is 25.8 Å². The maximum atomic E-state index is 11.0. The summed E-state index contributed by atoms with van der Waals surface area (Å²) in [5, 5.41) is 2.53. The summed E-state index contributed by atoms with van der Waals surface area (Å²) in [6.07, 6.45) is -0.349. The highest BCUT2D eigenvalue weighted by molar-refractivity contribution is 6.27. The molecule has 0 aromatic carbocycles. The molecule has 1 N–H and O–H groups in total. The molecule has 13 heavy (non-hydrogen) atoms. The Hall–Kier alpha value is -0.770. The van der Waals surface area contributed by atoms with Crippen LogP contribution in [0.15, 0.2) is 0 Å². The second-order valence-corrected chi connectivity index (χ2v) is 3.62. The van der Waals surface area contributed by atoms with E-state index in [0.29, 0.717) is 0 Å². The minimum Gasteiger partial charge on any atom is -0.453 e. The van der Waals surface area contributed by atoms with Crippen molar-refractivity contribution < 1.29 is 14.3 Å². The number of Topliss-reactive ketones (excluding diaryl/α,β-unsaturated/α-hetero) is 1. The second-order valence-electron chi connectivity index (χ2n) is 3.35. The van der Waals surface area contributed by atoms with Crippen molar-refractivity contribution >= 4 is 23.5 Å². The van der Waals surface area contributed by atoms with Gasteiger partial charge in [-0.2, -0.15) is 0 Å². The van der Waals surface area contributed by atoms with Crippen LogP contribution in [0.25, 0.3) is 0 Å². The maximum absolute atomic E-state index is 11.0. The number of hydrogen-bond donors (Lipinski definition) is 1. The van der Waals surface area contributed by atoms with Crippen LogP contribution in [0.5, 0.6) is 0 Å². The summed E-state index contributed by atoms with van der Waals surface area (Å²) in [6.45, 7) is 3.46. The number of nitrogens with one attached hydrogen (secondary N) is 1. The normalized spacial score (nSPS) is 10.8. The van der Waals surface area contributed by atoms with Crippen LogP contribution in [0.3, 0.4) is 0 Å². The molecule has 76 valence electrons. The average Bonchev–Trinajstić information content (AvgIpc) is 2.02. The summed E-state index contributed by atoms with van der Waals surface area (Å²) in [6, 6.07) is 0. The van der Waals surface area contributed by atoms with Gasteiger partial charge in [0.15, 0.2) is 0 Å². The van der Waals surface area contributed by atoms with Gasteiger partial charge in [0, 0.05) is 12.0 Å². The van der Waals surface area contributed by atoms with E-state index < -0.39 is 11.6 Å². The molecule has 0 aliphatic heterocycles. The number of ketones is 1. The molecule has 0 unspecified atom stereocenters. The minimum absolute atomic E-state index is 0.0354. The van der Waals surface area contributed by atoms with E-state index in [1.165, 1.54) is 7.11 Å². The number of methoxy groups -OCH3 is 1. The van der Waals surface area contributed by atoms with E-state index in [1.54, 1.807) is 13.8 Å². The molecule has 0 rings (SSSR count). The van der Waals surface area contributed by atoms with Crippen molar-refractivity contribution in [2.24, 2.45) is 0 Å². The monoisotopic (exact) mass is 207 g/mol. The Morgan fingerprint density at radius 2 is 2.00 bits per heavy atom. The molecule has 1 amide bonds. The Labute approximate surface area is 82.6 Å². The van der Waals surface area contributed by atoms with Crippen molar-refractivity contribution in [3.8, 4) is 0 Å². The standard InChI is InChI=1S/C8H14ClNO3/c1-8(2,4-6(11)5-9)10-7(12)13-3/h4-5H2,1-3H3,(H,10,12). The van der Waals surface area contributed by atoms with Crippen LogP contribution >= 0.6 is 11.6 Å². The van der Waals surface area contributed by atoms with Gasteiger partial charge in [-0.3, -0.25) is 4.79 Å². The zero-order chi connectivity index (χ0) is 10.5. The van der Waals surface area contributed by atoms with E-state index in [1.807, 2.05) is 0 Å². The molecule has 4 nitrogen and oxygen atoms in total. The van der Waals surface area contributed by atoms with Gasteiger partial charge in [0.1, 0.15) is 5.78 Å². The average molecular weight is 208 g/mol. The van der Waals surface area contributed by atoms with Crippen LogP contribution in [0.2, 0.25) is 0 Å². The Morgan fingerprint density at radius 3 is 2.38 bits per heavy atom. The molecular weight excluding hydrogens is 194 g/mol. The van der Waals surface area contributed by atoms with Gasteiger partial charge in [-0.1, -0.05) is 0 Å². The first-order valence-corrected chi connectivity index (χ1v) is 4.38. The lowest BCUT2D eigenvalue weighted by molar-refractivity contribution is -0.117. The summed E-state index contributed by atoms with van der Waals surface area (Å²) in [4.78, 5) is 21.8. The van der Waals surface area contributed by atoms with E-state index in [9.17, 15) is 9.59 Å². The molecule has 0 saturated heterocycles. The van der Waals surface area contributed by atoms with Gasteiger partial charge in [0.2, 0.25) is 0 Å². The lowest BCUT2D eigenvalue weighted by Gasteiger charge is -2.24. The molecule has 0 heterocycles. The highest BCUT2D eigenvalue weighted by atomic mass is 35.5. The zero-order valence-corrected chi connectivity index (χ0v) is 8.77. The van der Waals surface area contributed by atoms with Gasteiger partial charge in [-0.15, -0.1) is 11.6 Å². The van der Waals surface area contributed by atoms with Crippen molar-refractivity contribution in [3.63, 3.8) is 0 Å². The minimum atomic E-state index is -0.612. The van der Waals surface area contributed by atoms with E-state index in [4.69, 9.17) is 11.6 Å². The first kappa shape index (κ1) is 12.2. The Bertz CT molecular complexity index is 184. The van der Waals surface area contributed by atoms with Crippen LogP contribution in [0.1, 0.15) is 20.3 Å². The number of alkyl halides is 1. The molecule has 0 aromatic rings. The first-order valence-electron chi connectivity index (χ1n) is 3.85. The fourth-order valence-corrected chi connectivity index (χ4v) is 1.01. The summed E-state index contributed by atoms with van der Waals surface area (Å²) in [5.41, 5.74) is -0.612. The molecule has 0 atom stereocenters. The van der Waals surface area contributed by atoms with Crippen LogP contribution in [-0.2, 0) is 9.53 Å². The highest BCUT2D eigenvalue weighted by Gasteiger charge is 2.23. The van der Waals surface area contributed by atoms with Gasteiger partial charge >= 0.3 is 6.09 Å². The number of carbonyl (C=O) groups excluding carboxylic acids is 2. The summed E-state index contributed by atoms with van der Waals surface area (Å²) >= 11 is 5.33. The Balaban J connectivity index is 4.07. The van der Waals surface area contributed by atoms with Crippen molar-refractivity contribution in [1.82, 2.24) is 5.32 Å². The predicted octanol–water partition coefficient (Wildman–Crippen LogP) is 1.32. The molecule has 0 aromatic heterocycles. The van der Waals surface area contributed by atoms with Gasteiger partial charge < -0.3 is 10.1 Å². The predicted molar refractivity (Wildman–Crippen MR) is 50.0 cm³/mol. The smallest absolute Gasteiger partial charge is 0.407 e. The SMILES string of the molecule is COC(=O)NC(C)(C)CC(=O)CCl. The lowest BCUT2D eigenvalue weighted by atomic mass is 9.99. The molecule has 0 saturated carbocycles. The molecule has 0 aliphatic carbocycles. The second kappa shape index (κ2) is 5.07. The van der Waals surface area contributed by atoms with Gasteiger partial charge in [-0.25, -0.2) is 4.79 Å². The Morgan fingerprint density at radius 1 is 1.46 bits per heavy atom. The third kappa shape index (κ3) is 5.47.